The minimum atomic E-state index is -0.556. The smallest absolute Gasteiger partial charge is 0.123 e. The van der Waals surface area contributed by atoms with Crippen molar-refractivity contribution < 1.29 is 14.6 Å². The van der Waals surface area contributed by atoms with Crippen LogP contribution in [0.4, 0.5) is 0 Å². The summed E-state index contributed by atoms with van der Waals surface area (Å²) in [7, 11) is 1.67. The third-order valence-electron chi connectivity index (χ3n) is 6.29. The van der Waals surface area contributed by atoms with Gasteiger partial charge in [-0.05, 0) is 47.5 Å². The molecule has 2 N–H and O–H groups in total. The number of nitrogens with one attached hydrogen (secondary N) is 1. The second-order valence-corrected chi connectivity index (χ2v) is 8.63. The van der Waals surface area contributed by atoms with Crippen LogP contribution in [0.1, 0.15) is 28.4 Å². The van der Waals surface area contributed by atoms with E-state index in [1.807, 2.05) is 72.9 Å². The van der Waals surface area contributed by atoms with Crippen LogP contribution < -0.4 is 9.47 Å². The quantitative estimate of drug-likeness (QED) is 0.421. The number of aliphatic hydroxyl groups excluding tert-OH is 1. The molecular weight excluding hydrogens is 426 g/mol. The lowest BCUT2D eigenvalue weighted by atomic mass is 9.99. The number of H-pyrrole nitrogens is 1. The molecule has 0 fully saturated rings. The second-order valence-electron chi connectivity index (χ2n) is 8.63. The van der Waals surface area contributed by atoms with Gasteiger partial charge in [0.1, 0.15) is 18.1 Å². The van der Waals surface area contributed by atoms with Crippen molar-refractivity contribution in [3.05, 3.63) is 101 Å². The number of aromatic nitrogens is 2. The number of ether oxygens (including phenoxy) is 2. The number of aliphatic hydroxyl groups is 1. The largest absolute Gasteiger partial charge is 0.497 e. The van der Waals surface area contributed by atoms with E-state index in [1.54, 1.807) is 7.11 Å². The summed E-state index contributed by atoms with van der Waals surface area (Å²) in [6.07, 6.45) is 1.93. The van der Waals surface area contributed by atoms with E-state index in [1.165, 1.54) is 0 Å². The van der Waals surface area contributed by atoms with E-state index in [4.69, 9.17) is 9.47 Å². The van der Waals surface area contributed by atoms with Crippen molar-refractivity contribution in [1.82, 2.24) is 15.1 Å². The van der Waals surface area contributed by atoms with Crippen molar-refractivity contribution >= 4 is 0 Å². The lowest BCUT2D eigenvalue weighted by molar-refractivity contribution is 0.178. The van der Waals surface area contributed by atoms with Crippen molar-refractivity contribution in [3.8, 4) is 22.8 Å². The van der Waals surface area contributed by atoms with Crippen molar-refractivity contribution in [2.75, 3.05) is 20.3 Å². The summed E-state index contributed by atoms with van der Waals surface area (Å²) in [5.74, 6) is 1.72. The molecular formula is C28H29N3O3. The standard InChI is InChI=1S/C28H29N3O3/c1-33-25-10-7-21(8-11-25)28-24(17-29-30-28)19-31-13-14-34-27-12-9-22(16-23(27)18-31)26(32)15-20-5-3-2-4-6-20/h2-12,16-17,26,32H,13-15,18-19H2,1H3,(H,29,30)/t26-/m1/s1. The molecule has 0 spiro atoms. The maximum Gasteiger partial charge on any atom is 0.123 e. The first-order valence-corrected chi connectivity index (χ1v) is 11.6. The van der Waals surface area contributed by atoms with Gasteiger partial charge in [0.15, 0.2) is 0 Å². The predicted molar refractivity (Wildman–Crippen MR) is 132 cm³/mol. The Balaban J connectivity index is 1.32. The Morgan fingerprint density at radius 2 is 1.91 bits per heavy atom. The number of hydrogen-bond acceptors (Lipinski definition) is 5. The summed E-state index contributed by atoms with van der Waals surface area (Å²) in [6.45, 7) is 2.92. The molecule has 3 aromatic carbocycles. The van der Waals surface area contributed by atoms with E-state index >= 15 is 0 Å². The zero-order valence-electron chi connectivity index (χ0n) is 19.3. The van der Waals surface area contributed by atoms with Gasteiger partial charge < -0.3 is 14.6 Å². The van der Waals surface area contributed by atoms with Crippen molar-refractivity contribution in [1.29, 1.82) is 0 Å². The lowest BCUT2D eigenvalue weighted by Gasteiger charge is -2.20. The Kier molecular flexibility index (Phi) is 6.60. The summed E-state index contributed by atoms with van der Waals surface area (Å²) in [6, 6.07) is 24.1. The minimum Gasteiger partial charge on any atom is -0.497 e. The lowest BCUT2D eigenvalue weighted by Crippen LogP contribution is -2.25. The van der Waals surface area contributed by atoms with Crippen LogP contribution in [0.5, 0.6) is 11.5 Å². The van der Waals surface area contributed by atoms with E-state index in [9.17, 15) is 5.11 Å². The van der Waals surface area contributed by atoms with E-state index in [0.717, 1.165) is 64.6 Å². The molecule has 0 radical (unpaired) electrons. The van der Waals surface area contributed by atoms with Crippen molar-refractivity contribution in [2.45, 2.75) is 25.6 Å². The van der Waals surface area contributed by atoms with Crippen LogP contribution in [0.2, 0.25) is 0 Å². The molecule has 1 atom stereocenters. The number of aromatic amines is 1. The van der Waals surface area contributed by atoms with Gasteiger partial charge in [0.25, 0.3) is 0 Å². The molecule has 1 aromatic heterocycles. The Bertz CT molecular complexity index is 1220. The van der Waals surface area contributed by atoms with Gasteiger partial charge in [-0.3, -0.25) is 10.00 Å². The van der Waals surface area contributed by atoms with Crippen LogP contribution in [0, 0.1) is 0 Å². The van der Waals surface area contributed by atoms with E-state index in [0.29, 0.717) is 13.0 Å². The summed E-state index contributed by atoms with van der Waals surface area (Å²) < 4.78 is 11.3. The first-order valence-electron chi connectivity index (χ1n) is 11.6. The zero-order chi connectivity index (χ0) is 23.3. The SMILES string of the molecule is COc1ccc(-c2[nH]ncc2CN2CCOc3ccc([C@H](O)Cc4ccccc4)cc3C2)cc1. The highest BCUT2D eigenvalue weighted by Gasteiger charge is 2.20. The predicted octanol–water partition coefficient (Wildman–Crippen LogP) is 4.76. The monoisotopic (exact) mass is 455 g/mol. The number of fused-ring (bicyclic) bond motifs is 1. The average Bonchev–Trinajstić information content (AvgIpc) is 3.23. The maximum absolute atomic E-state index is 10.8. The normalized spacial score (nSPS) is 14.6. The average molecular weight is 456 g/mol. The third kappa shape index (κ3) is 4.98. The molecule has 0 bridgehead atoms. The highest BCUT2D eigenvalue weighted by molar-refractivity contribution is 5.63. The molecule has 6 heteroatoms. The number of rotatable bonds is 7. The molecule has 0 saturated heterocycles. The highest BCUT2D eigenvalue weighted by atomic mass is 16.5. The number of benzene rings is 3. The number of methoxy groups -OCH3 is 1. The van der Waals surface area contributed by atoms with Gasteiger partial charge in [0.2, 0.25) is 0 Å². The van der Waals surface area contributed by atoms with E-state index < -0.39 is 6.10 Å². The second kappa shape index (κ2) is 10.1. The van der Waals surface area contributed by atoms with Crippen LogP contribution in [0.15, 0.2) is 79.0 Å². The van der Waals surface area contributed by atoms with Gasteiger partial charge in [0, 0.05) is 42.7 Å². The summed E-state index contributed by atoms with van der Waals surface area (Å²) in [4.78, 5) is 2.36. The molecule has 0 aliphatic carbocycles. The molecule has 0 saturated carbocycles. The fourth-order valence-corrected chi connectivity index (χ4v) is 4.45. The molecule has 0 amide bonds. The van der Waals surface area contributed by atoms with Crippen LogP contribution in [0.25, 0.3) is 11.3 Å². The van der Waals surface area contributed by atoms with Gasteiger partial charge >= 0.3 is 0 Å². The molecule has 0 unspecified atom stereocenters. The fraction of sp³-hybridized carbons (Fsp3) is 0.250. The Morgan fingerprint density at radius 3 is 2.71 bits per heavy atom. The van der Waals surface area contributed by atoms with E-state index in [2.05, 4.69) is 21.2 Å². The van der Waals surface area contributed by atoms with Crippen molar-refractivity contribution in [3.63, 3.8) is 0 Å². The van der Waals surface area contributed by atoms with Gasteiger partial charge in [-0.15, -0.1) is 0 Å². The summed E-state index contributed by atoms with van der Waals surface area (Å²) >= 11 is 0. The third-order valence-corrected chi connectivity index (χ3v) is 6.29. The highest BCUT2D eigenvalue weighted by Crippen LogP contribution is 2.30. The molecule has 1 aliphatic heterocycles. The molecule has 34 heavy (non-hydrogen) atoms. The molecule has 174 valence electrons. The molecule has 2 heterocycles. The number of nitrogens with zero attached hydrogens (tertiary/aromatic N) is 2. The molecule has 6 nitrogen and oxygen atoms in total. The molecule has 4 aromatic rings. The molecule has 1 aliphatic rings. The maximum atomic E-state index is 10.8. The van der Waals surface area contributed by atoms with E-state index in [-0.39, 0.29) is 0 Å². The van der Waals surface area contributed by atoms with Gasteiger partial charge in [-0.1, -0.05) is 36.4 Å². The zero-order valence-corrected chi connectivity index (χ0v) is 19.3. The topological polar surface area (TPSA) is 70.6 Å². The first kappa shape index (κ1) is 22.2. The number of hydrogen-bond donors (Lipinski definition) is 2. The first-order chi connectivity index (χ1) is 16.7. The fourth-order valence-electron chi connectivity index (χ4n) is 4.45. The molecule has 5 rings (SSSR count). The van der Waals surface area contributed by atoms with Crippen LogP contribution in [0.3, 0.4) is 0 Å². The summed E-state index contributed by atoms with van der Waals surface area (Å²) in [5, 5.41) is 18.3. The minimum absolute atomic E-state index is 0.556. The van der Waals surface area contributed by atoms with Gasteiger partial charge in [-0.2, -0.15) is 5.10 Å². The van der Waals surface area contributed by atoms with Crippen molar-refractivity contribution in [2.24, 2.45) is 0 Å². The van der Waals surface area contributed by atoms with Crippen LogP contribution in [-0.4, -0.2) is 40.5 Å². The Labute approximate surface area is 199 Å². The summed E-state index contributed by atoms with van der Waals surface area (Å²) in [5.41, 5.74) is 6.35. The Morgan fingerprint density at radius 1 is 1.09 bits per heavy atom. The van der Waals surface area contributed by atoms with Gasteiger partial charge in [-0.25, -0.2) is 0 Å². The Hall–Kier alpha value is -3.61. The van der Waals surface area contributed by atoms with Gasteiger partial charge in [0.05, 0.1) is 25.1 Å². The van der Waals surface area contributed by atoms with Crippen LogP contribution in [-0.2, 0) is 19.5 Å². The van der Waals surface area contributed by atoms with Crippen LogP contribution >= 0.6 is 0 Å².